The largest absolute Gasteiger partial charge is 0.389 e. The van der Waals surface area contributed by atoms with E-state index in [4.69, 9.17) is 0 Å². The Morgan fingerprint density at radius 3 is 2.73 bits per heavy atom. The minimum atomic E-state index is -0.576. The third-order valence-electron chi connectivity index (χ3n) is 4.77. The number of fused-ring (bicyclic) bond motifs is 1. The summed E-state index contributed by atoms with van der Waals surface area (Å²) < 4.78 is 0. The van der Waals surface area contributed by atoms with E-state index in [1.165, 1.54) is 0 Å². The number of hydrogen-bond donors (Lipinski definition) is 1. The summed E-state index contributed by atoms with van der Waals surface area (Å²) in [6, 6.07) is 0. The van der Waals surface area contributed by atoms with E-state index in [1.807, 2.05) is 6.92 Å². The van der Waals surface area contributed by atoms with Gasteiger partial charge in [0.2, 0.25) is 0 Å². The summed E-state index contributed by atoms with van der Waals surface area (Å²) in [5.41, 5.74) is -0.704. The molecule has 85 valence electrons. The van der Waals surface area contributed by atoms with Crippen LogP contribution in [-0.2, 0) is 23.4 Å². The van der Waals surface area contributed by atoms with E-state index < -0.39 is 5.60 Å². The summed E-state index contributed by atoms with van der Waals surface area (Å²) in [5.74, 6) is 0.532. The zero-order valence-corrected chi connectivity index (χ0v) is 11.0. The second kappa shape index (κ2) is 4.23. The normalized spacial score (nSPS) is 44.7. The molecule has 2 aliphatic carbocycles. The number of carbonyl (C=O) groups is 1. The van der Waals surface area contributed by atoms with Gasteiger partial charge in [-0.05, 0) is 32.1 Å². The number of carbonyl (C=O) groups excluding carboxylic acids is 1. The van der Waals surface area contributed by atoms with Crippen LogP contribution in [0.2, 0.25) is 0 Å². The Balaban J connectivity index is 0.00000112. The van der Waals surface area contributed by atoms with Gasteiger partial charge >= 0.3 is 0 Å². The topological polar surface area (TPSA) is 37.3 Å². The van der Waals surface area contributed by atoms with Crippen molar-refractivity contribution < 1.29 is 28.5 Å². The molecule has 0 aromatic carbocycles. The first kappa shape index (κ1) is 13.3. The van der Waals surface area contributed by atoms with Gasteiger partial charge in [-0.2, -0.15) is 0 Å². The fraction of sp³-hybridized carbons (Fsp3) is 0.917. The van der Waals surface area contributed by atoms with Crippen LogP contribution in [0.5, 0.6) is 0 Å². The van der Waals surface area contributed by atoms with Gasteiger partial charge in [0, 0.05) is 36.3 Å². The van der Waals surface area contributed by atoms with E-state index >= 15 is 0 Å². The van der Waals surface area contributed by atoms with Crippen LogP contribution in [0.3, 0.4) is 0 Å². The van der Waals surface area contributed by atoms with Crippen molar-refractivity contribution >= 4 is 5.78 Å². The average Bonchev–Trinajstić information content (AvgIpc) is 2.42. The molecule has 3 heteroatoms. The number of aliphatic hydroxyl groups is 1. The van der Waals surface area contributed by atoms with Crippen LogP contribution in [0.4, 0.5) is 0 Å². The molecule has 1 radical (unpaired) electrons. The maximum atomic E-state index is 11.8. The fourth-order valence-corrected chi connectivity index (χ4v) is 3.62. The molecule has 2 aliphatic rings. The summed E-state index contributed by atoms with van der Waals surface area (Å²) >= 11 is 0. The van der Waals surface area contributed by atoms with Crippen molar-refractivity contribution in [1.29, 1.82) is 0 Å². The zero-order valence-electron chi connectivity index (χ0n) is 9.62. The summed E-state index contributed by atoms with van der Waals surface area (Å²) in [7, 11) is 0. The van der Waals surface area contributed by atoms with Gasteiger partial charge in [-0.25, -0.2) is 0 Å². The molecule has 3 atom stereocenters. The molecule has 2 rings (SSSR count). The number of ketones is 1. The summed E-state index contributed by atoms with van der Waals surface area (Å²) in [6.45, 7) is 4.15. The predicted octanol–water partition coefficient (Wildman–Crippen LogP) is 2.29. The van der Waals surface area contributed by atoms with Crippen LogP contribution < -0.4 is 0 Å². The van der Waals surface area contributed by atoms with Crippen LogP contribution in [0.15, 0.2) is 0 Å². The average molecular weight is 247 g/mol. The Hall–Kier alpha value is 0.214. The Labute approximate surface area is 104 Å². The maximum absolute atomic E-state index is 11.8. The molecule has 0 aliphatic heterocycles. The molecule has 0 aromatic rings. The Morgan fingerprint density at radius 2 is 2.13 bits per heavy atom. The molecule has 0 saturated heterocycles. The van der Waals surface area contributed by atoms with Crippen molar-refractivity contribution in [1.82, 2.24) is 0 Å². The van der Waals surface area contributed by atoms with Gasteiger partial charge < -0.3 is 5.11 Å². The summed E-state index contributed by atoms with van der Waals surface area (Å²) in [6.07, 6.45) is 5.23. The van der Waals surface area contributed by atoms with Gasteiger partial charge in [0.1, 0.15) is 5.78 Å². The molecule has 2 saturated carbocycles. The molecule has 0 spiro atoms. The van der Waals surface area contributed by atoms with E-state index in [0.717, 1.165) is 38.5 Å². The van der Waals surface area contributed by atoms with Gasteiger partial charge in [0.25, 0.3) is 0 Å². The van der Waals surface area contributed by atoms with Crippen molar-refractivity contribution in [2.24, 2.45) is 11.3 Å². The summed E-state index contributed by atoms with van der Waals surface area (Å²) in [4.78, 5) is 11.8. The van der Waals surface area contributed by atoms with E-state index in [1.54, 1.807) is 0 Å². The van der Waals surface area contributed by atoms with Gasteiger partial charge in [-0.15, -0.1) is 0 Å². The van der Waals surface area contributed by atoms with E-state index in [-0.39, 0.29) is 29.9 Å². The van der Waals surface area contributed by atoms with Crippen LogP contribution in [0, 0.1) is 11.3 Å². The van der Waals surface area contributed by atoms with Crippen LogP contribution in [-0.4, -0.2) is 16.5 Å². The van der Waals surface area contributed by atoms with Gasteiger partial charge in [0.05, 0.1) is 5.60 Å². The Morgan fingerprint density at radius 1 is 1.47 bits per heavy atom. The Bertz CT molecular complexity index is 266. The first-order valence-electron chi connectivity index (χ1n) is 5.78. The van der Waals surface area contributed by atoms with Gasteiger partial charge in [-0.3, -0.25) is 4.79 Å². The molecule has 0 aromatic heterocycles. The van der Waals surface area contributed by atoms with E-state index in [0.29, 0.717) is 5.78 Å². The number of hydrogen-bond acceptors (Lipinski definition) is 2. The second-order valence-electron chi connectivity index (χ2n) is 5.21. The third kappa shape index (κ3) is 1.71. The zero-order chi connectivity index (χ0) is 10.4. The molecule has 0 bridgehead atoms. The molecule has 2 nitrogen and oxygen atoms in total. The molecule has 0 amide bonds. The fourth-order valence-electron chi connectivity index (χ4n) is 3.62. The number of rotatable bonds is 1. The molecular formula is C12H20O2V. The van der Waals surface area contributed by atoms with Crippen LogP contribution in [0.1, 0.15) is 52.4 Å². The van der Waals surface area contributed by atoms with E-state index in [2.05, 4.69) is 6.92 Å². The smallest absolute Gasteiger partial charge is 0.136 e. The van der Waals surface area contributed by atoms with Gasteiger partial charge in [-0.1, -0.05) is 13.8 Å². The monoisotopic (exact) mass is 247 g/mol. The number of Topliss-reactive ketones (excluding diaryl/α,β-unsaturated/α-hetero) is 1. The van der Waals surface area contributed by atoms with Crippen molar-refractivity contribution in [3.8, 4) is 0 Å². The Kier molecular flexibility index (Phi) is 3.75. The van der Waals surface area contributed by atoms with Crippen molar-refractivity contribution in [3.63, 3.8) is 0 Å². The van der Waals surface area contributed by atoms with Crippen LogP contribution >= 0.6 is 0 Å². The molecule has 0 heterocycles. The van der Waals surface area contributed by atoms with Crippen molar-refractivity contribution in [3.05, 3.63) is 0 Å². The van der Waals surface area contributed by atoms with E-state index in [9.17, 15) is 9.90 Å². The van der Waals surface area contributed by atoms with Gasteiger partial charge in [0.15, 0.2) is 0 Å². The summed E-state index contributed by atoms with van der Waals surface area (Å²) in [5, 5.41) is 10.5. The third-order valence-corrected chi connectivity index (χ3v) is 4.77. The second-order valence-corrected chi connectivity index (χ2v) is 5.21. The van der Waals surface area contributed by atoms with Crippen molar-refractivity contribution in [2.75, 3.05) is 0 Å². The molecular weight excluding hydrogens is 227 g/mol. The quantitative estimate of drug-likeness (QED) is 0.772. The standard InChI is InChI=1S/C12H20O2.V/c1-3-12(14)8-6-9-10(13)5-4-7-11(9,12)2;/h9,14H,3-8H2,1-2H3;/t9?,11-,12?;/m0./s1. The molecule has 1 N–H and O–H groups in total. The minimum Gasteiger partial charge on any atom is -0.389 e. The first-order chi connectivity index (χ1) is 6.53. The van der Waals surface area contributed by atoms with Crippen molar-refractivity contribution in [2.45, 2.75) is 58.0 Å². The molecule has 2 fully saturated rings. The molecule has 15 heavy (non-hydrogen) atoms. The first-order valence-corrected chi connectivity index (χ1v) is 5.78. The maximum Gasteiger partial charge on any atom is 0.136 e. The minimum absolute atomic E-state index is 0. The SMILES string of the molecule is CCC1(O)CCC2C(=O)CCC[C@@]21C.[V]. The predicted molar refractivity (Wildman–Crippen MR) is 54.9 cm³/mol. The molecule has 2 unspecified atom stereocenters. The van der Waals surface area contributed by atoms with Crippen LogP contribution in [0.25, 0.3) is 0 Å².